The molecule has 1 atom stereocenters. The number of nitrogens with two attached hydrogens (primary N) is 1. The van der Waals surface area contributed by atoms with Crippen molar-refractivity contribution in [3.8, 4) is 0 Å². The summed E-state index contributed by atoms with van der Waals surface area (Å²) in [6, 6.07) is 0.293. The van der Waals surface area contributed by atoms with Crippen molar-refractivity contribution in [3.63, 3.8) is 0 Å². The van der Waals surface area contributed by atoms with Crippen LogP contribution in [0.5, 0.6) is 0 Å². The van der Waals surface area contributed by atoms with E-state index in [4.69, 9.17) is 15.2 Å². The molecule has 2 aliphatic rings. The molecule has 2 rings (SSSR count). The monoisotopic (exact) mass is 325 g/mol. The minimum absolute atomic E-state index is 0.0114. The van der Waals surface area contributed by atoms with Crippen LogP contribution >= 0.6 is 0 Å². The Morgan fingerprint density at radius 3 is 2.52 bits per heavy atom. The minimum Gasteiger partial charge on any atom is -0.460 e. The lowest BCUT2D eigenvalue weighted by Crippen LogP contribution is -2.43. The summed E-state index contributed by atoms with van der Waals surface area (Å²) in [4.78, 5) is 16.5. The van der Waals surface area contributed by atoms with Gasteiger partial charge in [-0.1, -0.05) is 0 Å². The van der Waals surface area contributed by atoms with E-state index in [2.05, 4.69) is 10.3 Å². The average Bonchev–Trinajstić information content (AvgIpc) is 2.97. The fourth-order valence-electron chi connectivity index (χ4n) is 3.10. The summed E-state index contributed by atoms with van der Waals surface area (Å²) in [6.07, 6.45) is 5.91. The van der Waals surface area contributed by atoms with Gasteiger partial charge in [0.1, 0.15) is 5.60 Å². The third-order valence-corrected chi connectivity index (χ3v) is 4.31. The zero-order valence-corrected chi connectivity index (χ0v) is 14.6. The van der Waals surface area contributed by atoms with E-state index in [1.165, 1.54) is 0 Å². The molecule has 3 N–H and O–H groups in total. The number of nitrogens with one attached hydrogen (secondary N) is 1. The normalized spacial score (nSPS) is 29.3. The predicted molar refractivity (Wildman–Crippen MR) is 90.2 cm³/mol. The van der Waals surface area contributed by atoms with Crippen LogP contribution in [0.4, 0.5) is 0 Å². The van der Waals surface area contributed by atoms with Crippen LogP contribution in [0, 0.1) is 5.92 Å². The van der Waals surface area contributed by atoms with Gasteiger partial charge in [0.15, 0.2) is 5.96 Å². The summed E-state index contributed by atoms with van der Waals surface area (Å²) < 4.78 is 11.0. The Kier molecular flexibility index (Phi) is 6.27. The van der Waals surface area contributed by atoms with E-state index in [1.807, 2.05) is 20.8 Å². The summed E-state index contributed by atoms with van der Waals surface area (Å²) in [5.74, 6) is 0.425. The average molecular weight is 325 g/mol. The van der Waals surface area contributed by atoms with Crippen molar-refractivity contribution in [3.05, 3.63) is 0 Å². The van der Waals surface area contributed by atoms with Crippen molar-refractivity contribution in [1.82, 2.24) is 5.32 Å². The van der Waals surface area contributed by atoms with Gasteiger partial charge in [0.2, 0.25) is 0 Å². The topological polar surface area (TPSA) is 85.9 Å². The van der Waals surface area contributed by atoms with E-state index in [0.717, 1.165) is 45.1 Å². The number of carbonyl (C=O) groups is 1. The molecule has 1 saturated carbocycles. The molecule has 1 unspecified atom stereocenters. The zero-order valence-electron chi connectivity index (χ0n) is 14.6. The van der Waals surface area contributed by atoms with Crippen LogP contribution in [-0.4, -0.2) is 42.8 Å². The van der Waals surface area contributed by atoms with Gasteiger partial charge in [-0.2, -0.15) is 0 Å². The fourth-order valence-corrected chi connectivity index (χ4v) is 3.10. The van der Waals surface area contributed by atoms with Crippen LogP contribution in [-0.2, 0) is 14.3 Å². The van der Waals surface area contributed by atoms with Crippen molar-refractivity contribution < 1.29 is 14.3 Å². The van der Waals surface area contributed by atoms with Crippen molar-refractivity contribution in [2.24, 2.45) is 16.6 Å². The number of hydrogen-bond acceptors (Lipinski definition) is 4. The molecule has 0 aromatic rings. The Morgan fingerprint density at radius 2 is 1.96 bits per heavy atom. The summed E-state index contributed by atoms with van der Waals surface area (Å²) in [6.45, 7) is 7.18. The van der Waals surface area contributed by atoms with Crippen LogP contribution in [0.2, 0.25) is 0 Å². The van der Waals surface area contributed by atoms with Gasteiger partial charge < -0.3 is 20.5 Å². The van der Waals surface area contributed by atoms with E-state index in [-0.39, 0.29) is 18.0 Å². The van der Waals surface area contributed by atoms with Gasteiger partial charge in [0.25, 0.3) is 0 Å². The second-order valence-corrected chi connectivity index (χ2v) is 7.59. The maximum Gasteiger partial charge on any atom is 0.309 e. The third kappa shape index (κ3) is 6.37. The molecular formula is C17H31N3O3. The highest BCUT2D eigenvalue weighted by Gasteiger charge is 2.30. The molecule has 0 amide bonds. The Bertz CT molecular complexity index is 417. The lowest BCUT2D eigenvalue weighted by molar-refractivity contribution is -0.161. The molecular weight excluding hydrogens is 294 g/mol. The maximum absolute atomic E-state index is 12.1. The van der Waals surface area contributed by atoms with Crippen molar-refractivity contribution in [1.29, 1.82) is 0 Å². The van der Waals surface area contributed by atoms with Crippen LogP contribution in [0.25, 0.3) is 0 Å². The Hall–Kier alpha value is -1.30. The Labute approximate surface area is 139 Å². The maximum atomic E-state index is 12.1. The SMILES string of the molecule is CC(C)(C)OC(=O)C1CCC(NC(N)=NCC2CCCO2)CC1. The summed E-state index contributed by atoms with van der Waals surface area (Å²) in [7, 11) is 0. The van der Waals surface area contributed by atoms with Crippen molar-refractivity contribution in [2.45, 2.75) is 77.0 Å². The minimum atomic E-state index is -0.411. The number of esters is 1. The van der Waals surface area contributed by atoms with E-state index in [1.54, 1.807) is 0 Å². The molecule has 1 aliphatic carbocycles. The van der Waals surface area contributed by atoms with E-state index in [0.29, 0.717) is 18.5 Å². The molecule has 6 nitrogen and oxygen atoms in total. The molecule has 0 spiro atoms. The number of carbonyl (C=O) groups excluding carboxylic acids is 1. The number of nitrogens with zero attached hydrogens (tertiary/aromatic N) is 1. The molecule has 0 bridgehead atoms. The smallest absolute Gasteiger partial charge is 0.309 e. The molecule has 0 radical (unpaired) electrons. The summed E-state index contributed by atoms with van der Waals surface area (Å²) >= 11 is 0. The van der Waals surface area contributed by atoms with Gasteiger partial charge in [-0.15, -0.1) is 0 Å². The highest BCUT2D eigenvalue weighted by molar-refractivity contribution is 5.78. The number of hydrogen-bond donors (Lipinski definition) is 2. The van der Waals surface area contributed by atoms with Gasteiger partial charge >= 0.3 is 5.97 Å². The van der Waals surface area contributed by atoms with Crippen LogP contribution in [0.1, 0.15) is 59.3 Å². The lowest BCUT2D eigenvalue weighted by atomic mass is 9.86. The molecule has 1 aliphatic heterocycles. The molecule has 23 heavy (non-hydrogen) atoms. The van der Waals surface area contributed by atoms with Crippen LogP contribution in [0.3, 0.4) is 0 Å². The molecule has 1 saturated heterocycles. The Balaban J connectivity index is 1.69. The first-order valence-corrected chi connectivity index (χ1v) is 8.74. The largest absolute Gasteiger partial charge is 0.460 e. The standard InChI is InChI=1S/C17H31N3O3/c1-17(2,3)23-15(21)12-6-8-13(9-7-12)20-16(18)19-11-14-5-4-10-22-14/h12-14H,4-11H2,1-3H3,(H3,18,19,20). The quantitative estimate of drug-likeness (QED) is 0.469. The van der Waals surface area contributed by atoms with Crippen LogP contribution in [0.15, 0.2) is 4.99 Å². The first-order valence-electron chi connectivity index (χ1n) is 8.74. The predicted octanol–water partition coefficient (Wildman–Crippen LogP) is 1.97. The summed E-state index contributed by atoms with van der Waals surface area (Å²) in [5, 5.41) is 3.27. The molecule has 1 heterocycles. The number of guanidine groups is 1. The second kappa shape index (κ2) is 7.99. The zero-order chi connectivity index (χ0) is 16.9. The molecule has 132 valence electrons. The van der Waals surface area contributed by atoms with Gasteiger partial charge in [0.05, 0.1) is 18.6 Å². The first-order chi connectivity index (χ1) is 10.8. The molecule has 0 aromatic heterocycles. The van der Waals surface area contributed by atoms with Gasteiger partial charge in [-0.05, 0) is 59.3 Å². The van der Waals surface area contributed by atoms with Crippen molar-refractivity contribution in [2.75, 3.05) is 13.2 Å². The van der Waals surface area contributed by atoms with Crippen LogP contribution < -0.4 is 11.1 Å². The number of aliphatic imine (C=N–C) groups is 1. The number of ether oxygens (including phenoxy) is 2. The highest BCUT2D eigenvalue weighted by Crippen LogP contribution is 2.26. The fraction of sp³-hybridized carbons (Fsp3) is 0.882. The lowest BCUT2D eigenvalue weighted by Gasteiger charge is -2.30. The Morgan fingerprint density at radius 1 is 1.26 bits per heavy atom. The van der Waals surface area contributed by atoms with Gasteiger partial charge in [0, 0.05) is 12.6 Å². The van der Waals surface area contributed by atoms with E-state index < -0.39 is 5.60 Å². The third-order valence-electron chi connectivity index (χ3n) is 4.31. The number of rotatable bonds is 4. The van der Waals surface area contributed by atoms with E-state index in [9.17, 15) is 4.79 Å². The molecule has 0 aromatic carbocycles. The first kappa shape index (κ1) is 18.0. The van der Waals surface area contributed by atoms with Crippen molar-refractivity contribution >= 4 is 11.9 Å². The van der Waals surface area contributed by atoms with Gasteiger partial charge in [-0.25, -0.2) is 0 Å². The highest BCUT2D eigenvalue weighted by atomic mass is 16.6. The molecule has 6 heteroatoms. The van der Waals surface area contributed by atoms with E-state index >= 15 is 0 Å². The van der Waals surface area contributed by atoms with Gasteiger partial charge in [-0.3, -0.25) is 9.79 Å². The summed E-state index contributed by atoms with van der Waals surface area (Å²) in [5.41, 5.74) is 5.54. The second-order valence-electron chi connectivity index (χ2n) is 7.59. The molecule has 2 fully saturated rings.